The molecule has 0 atom stereocenters. The van der Waals surface area contributed by atoms with Crippen LogP contribution >= 0.6 is 0 Å². The summed E-state index contributed by atoms with van der Waals surface area (Å²) in [5.41, 5.74) is 10.4. The monoisotopic (exact) mass is 268 g/mol. The van der Waals surface area contributed by atoms with E-state index in [0.717, 1.165) is 23.5 Å². The highest BCUT2D eigenvalue weighted by Crippen LogP contribution is 2.23. The van der Waals surface area contributed by atoms with Crippen LogP contribution < -0.4 is 11.1 Å². The second-order valence-corrected chi connectivity index (χ2v) is 5.22. The Labute approximate surface area is 122 Å². The average Bonchev–Trinajstić information content (AvgIpc) is 2.48. The Kier molecular flexibility index (Phi) is 5.48. The molecule has 0 unspecified atom stereocenters. The Bertz CT molecular complexity index is 520. The number of aryl methyl sites for hydroxylation is 1. The molecule has 0 heterocycles. The molecule has 0 aliphatic carbocycles. The lowest BCUT2D eigenvalue weighted by Gasteiger charge is -2.11. The molecule has 0 saturated carbocycles. The number of rotatable bonds is 7. The average molecular weight is 268 g/mol. The fourth-order valence-corrected chi connectivity index (χ4v) is 2.33. The molecular weight excluding hydrogens is 244 g/mol. The van der Waals surface area contributed by atoms with Crippen LogP contribution in [0.3, 0.4) is 0 Å². The van der Waals surface area contributed by atoms with Gasteiger partial charge in [0.05, 0.1) is 0 Å². The molecule has 0 bridgehead atoms. The maximum absolute atomic E-state index is 6.07. The summed E-state index contributed by atoms with van der Waals surface area (Å²) in [5.74, 6) is 0. The minimum Gasteiger partial charge on any atom is -0.399 e. The summed E-state index contributed by atoms with van der Waals surface area (Å²) in [5, 5.41) is 3.42. The molecule has 0 radical (unpaired) electrons. The molecule has 0 aromatic heterocycles. The third kappa shape index (κ3) is 4.30. The van der Waals surface area contributed by atoms with Crippen molar-refractivity contribution >= 4 is 17.1 Å². The first kappa shape index (κ1) is 14.4. The van der Waals surface area contributed by atoms with E-state index in [1.807, 2.05) is 30.3 Å². The Morgan fingerprint density at radius 3 is 2.45 bits per heavy atom. The van der Waals surface area contributed by atoms with Crippen LogP contribution in [0.2, 0.25) is 0 Å². The second kappa shape index (κ2) is 7.59. The van der Waals surface area contributed by atoms with Crippen LogP contribution in [-0.4, -0.2) is 0 Å². The zero-order valence-electron chi connectivity index (χ0n) is 12.2. The van der Waals surface area contributed by atoms with Gasteiger partial charge in [0.2, 0.25) is 0 Å². The van der Waals surface area contributed by atoms with E-state index in [-0.39, 0.29) is 0 Å². The molecule has 2 heteroatoms. The predicted molar refractivity (Wildman–Crippen MR) is 88.4 cm³/mol. The summed E-state index contributed by atoms with van der Waals surface area (Å²) in [6, 6.07) is 16.4. The molecule has 0 spiro atoms. The predicted octanol–water partition coefficient (Wildman–Crippen LogP) is 5.14. The number of hydrogen-bond donors (Lipinski definition) is 2. The van der Waals surface area contributed by atoms with Gasteiger partial charge in [-0.3, -0.25) is 0 Å². The van der Waals surface area contributed by atoms with Crippen LogP contribution in [0.25, 0.3) is 0 Å². The van der Waals surface area contributed by atoms with Crippen molar-refractivity contribution in [1.82, 2.24) is 0 Å². The number of unbranched alkanes of at least 4 members (excludes halogenated alkanes) is 3. The van der Waals surface area contributed by atoms with Crippen LogP contribution in [0.1, 0.15) is 38.2 Å². The third-order valence-corrected chi connectivity index (χ3v) is 3.51. The fourth-order valence-electron chi connectivity index (χ4n) is 2.33. The minimum absolute atomic E-state index is 0.903. The number of benzene rings is 2. The Morgan fingerprint density at radius 1 is 0.900 bits per heavy atom. The van der Waals surface area contributed by atoms with Crippen LogP contribution in [0.15, 0.2) is 48.5 Å². The molecule has 0 aliphatic rings. The van der Waals surface area contributed by atoms with E-state index >= 15 is 0 Å². The molecule has 2 nitrogen and oxygen atoms in total. The van der Waals surface area contributed by atoms with Gasteiger partial charge in [0.25, 0.3) is 0 Å². The molecule has 106 valence electrons. The molecular formula is C18H24N2. The van der Waals surface area contributed by atoms with E-state index in [2.05, 4.69) is 30.4 Å². The van der Waals surface area contributed by atoms with Crippen LogP contribution in [-0.2, 0) is 6.42 Å². The topological polar surface area (TPSA) is 38.0 Å². The Morgan fingerprint density at radius 2 is 1.70 bits per heavy atom. The van der Waals surface area contributed by atoms with Gasteiger partial charge in [0.15, 0.2) is 0 Å². The lowest BCUT2D eigenvalue weighted by atomic mass is 10.0. The molecule has 0 aliphatic heterocycles. The van der Waals surface area contributed by atoms with E-state index < -0.39 is 0 Å². The largest absolute Gasteiger partial charge is 0.399 e. The standard InChI is InChI=1S/C18H24N2/c1-2-3-4-6-9-15-14-17(12-13-18(15)19)20-16-10-7-5-8-11-16/h5,7-8,10-14,20H,2-4,6,9,19H2,1H3. The SMILES string of the molecule is CCCCCCc1cc(Nc2ccccc2)ccc1N. The van der Waals surface area contributed by atoms with E-state index in [4.69, 9.17) is 5.73 Å². The van der Waals surface area contributed by atoms with Crippen LogP contribution in [0.4, 0.5) is 17.1 Å². The van der Waals surface area contributed by atoms with Gasteiger partial charge in [-0.1, -0.05) is 44.4 Å². The smallest absolute Gasteiger partial charge is 0.0388 e. The summed E-state index contributed by atoms with van der Waals surface area (Å²) in [4.78, 5) is 0. The summed E-state index contributed by atoms with van der Waals surface area (Å²) < 4.78 is 0. The van der Waals surface area contributed by atoms with Crippen LogP contribution in [0.5, 0.6) is 0 Å². The number of nitrogen functional groups attached to an aromatic ring is 1. The lowest BCUT2D eigenvalue weighted by molar-refractivity contribution is 0.667. The van der Waals surface area contributed by atoms with E-state index in [1.165, 1.54) is 31.2 Å². The summed E-state index contributed by atoms with van der Waals surface area (Å²) in [6.45, 7) is 2.23. The van der Waals surface area contributed by atoms with Gasteiger partial charge in [0.1, 0.15) is 0 Å². The molecule has 2 aromatic carbocycles. The summed E-state index contributed by atoms with van der Waals surface area (Å²) >= 11 is 0. The first-order chi connectivity index (χ1) is 9.79. The van der Waals surface area contributed by atoms with Crippen molar-refractivity contribution in [2.45, 2.75) is 39.0 Å². The van der Waals surface area contributed by atoms with Crippen molar-refractivity contribution in [1.29, 1.82) is 0 Å². The van der Waals surface area contributed by atoms with Gasteiger partial charge in [-0.2, -0.15) is 0 Å². The lowest BCUT2D eigenvalue weighted by Crippen LogP contribution is -1.97. The second-order valence-electron chi connectivity index (χ2n) is 5.22. The summed E-state index contributed by atoms with van der Waals surface area (Å²) in [6.07, 6.45) is 6.14. The first-order valence-electron chi connectivity index (χ1n) is 7.50. The highest BCUT2D eigenvalue weighted by molar-refractivity contribution is 5.64. The van der Waals surface area contributed by atoms with Crippen molar-refractivity contribution < 1.29 is 0 Å². The van der Waals surface area contributed by atoms with E-state index in [9.17, 15) is 0 Å². The zero-order valence-corrected chi connectivity index (χ0v) is 12.2. The van der Waals surface area contributed by atoms with Gasteiger partial charge < -0.3 is 11.1 Å². The van der Waals surface area contributed by atoms with Gasteiger partial charge in [-0.25, -0.2) is 0 Å². The van der Waals surface area contributed by atoms with Crippen molar-refractivity contribution in [2.75, 3.05) is 11.1 Å². The maximum atomic E-state index is 6.07. The summed E-state index contributed by atoms with van der Waals surface area (Å²) in [7, 11) is 0. The molecule has 2 aromatic rings. The van der Waals surface area contributed by atoms with Crippen molar-refractivity contribution in [2.24, 2.45) is 0 Å². The molecule has 0 saturated heterocycles. The minimum atomic E-state index is 0.903. The first-order valence-corrected chi connectivity index (χ1v) is 7.50. The zero-order chi connectivity index (χ0) is 14.2. The number of hydrogen-bond acceptors (Lipinski definition) is 2. The molecule has 0 amide bonds. The van der Waals surface area contributed by atoms with Crippen LogP contribution in [0, 0.1) is 0 Å². The van der Waals surface area contributed by atoms with Gasteiger partial charge in [-0.05, 0) is 48.7 Å². The quantitative estimate of drug-likeness (QED) is 0.539. The fraction of sp³-hybridized carbons (Fsp3) is 0.333. The maximum Gasteiger partial charge on any atom is 0.0388 e. The van der Waals surface area contributed by atoms with Crippen molar-refractivity contribution in [3.05, 3.63) is 54.1 Å². The Hall–Kier alpha value is -1.96. The van der Waals surface area contributed by atoms with E-state index in [1.54, 1.807) is 0 Å². The Balaban J connectivity index is 2.00. The van der Waals surface area contributed by atoms with Crippen molar-refractivity contribution in [3.63, 3.8) is 0 Å². The number of nitrogens with two attached hydrogens (primary N) is 1. The van der Waals surface area contributed by atoms with Gasteiger partial charge in [0, 0.05) is 17.1 Å². The molecule has 0 fully saturated rings. The van der Waals surface area contributed by atoms with Gasteiger partial charge in [-0.15, -0.1) is 0 Å². The molecule has 3 N–H and O–H groups in total. The normalized spacial score (nSPS) is 10.4. The van der Waals surface area contributed by atoms with E-state index in [0.29, 0.717) is 0 Å². The van der Waals surface area contributed by atoms with Crippen molar-refractivity contribution in [3.8, 4) is 0 Å². The third-order valence-electron chi connectivity index (χ3n) is 3.51. The molecule has 20 heavy (non-hydrogen) atoms. The highest BCUT2D eigenvalue weighted by Gasteiger charge is 2.02. The number of anilines is 3. The van der Waals surface area contributed by atoms with Gasteiger partial charge >= 0.3 is 0 Å². The highest BCUT2D eigenvalue weighted by atomic mass is 14.9. The number of para-hydroxylation sites is 1. The molecule has 2 rings (SSSR count). The number of nitrogens with one attached hydrogen (secondary N) is 1.